The van der Waals surface area contributed by atoms with Crippen LogP contribution in [0.4, 0.5) is 0 Å². The molecule has 0 aliphatic heterocycles. The molecule has 1 aromatic rings. The van der Waals surface area contributed by atoms with E-state index in [1.807, 2.05) is 0 Å². The van der Waals surface area contributed by atoms with Crippen LogP contribution in [0, 0.1) is 5.92 Å². The normalized spacial score (nSPS) is 24.2. The highest BCUT2D eigenvalue weighted by Gasteiger charge is 2.26. The molecule has 104 valence electrons. The highest BCUT2D eigenvalue weighted by molar-refractivity contribution is 5.98. The van der Waals surface area contributed by atoms with Crippen LogP contribution in [-0.4, -0.2) is 27.3 Å². The Kier molecular flexibility index (Phi) is 4.54. The van der Waals surface area contributed by atoms with E-state index in [2.05, 4.69) is 22.3 Å². The lowest BCUT2D eigenvalue weighted by atomic mass is 9.85. The van der Waals surface area contributed by atoms with Gasteiger partial charge in [0, 0.05) is 0 Å². The molecule has 2 unspecified atom stereocenters. The van der Waals surface area contributed by atoms with E-state index >= 15 is 0 Å². The Balaban J connectivity index is 2.18. The highest BCUT2D eigenvalue weighted by atomic mass is 16.5. The third-order valence-corrected chi connectivity index (χ3v) is 3.70. The first-order chi connectivity index (χ1) is 9.26. The van der Waals surface area contributed by atoms with Gasteiger partial charge < -0.3 is 15.7 Å². The average molecular weight is 264 g/mol. The zero-order valence-corrected chi connectivity index (χ0v) is 11.1. The zero-order chi connectivity index (χ0) is 13.7. The Morgan fingerprint density at radius 3 is 3.05 bits per heavy atom. The lowest BCUT2D eigenvalue weighted by Gasteiger charge is -2.31. The second kappa shape index (κ2) is 6.36. The third-order valence-electron chi connectivity index (χ3n) is 3.70. The van der Waals surface area contributed by atoms with Gasteiger partial charge in [0.2, 0.25) is 5.88 Å². The molecular formula is C13H20N4O2. The molecule has 2 rings (SSSR count). The van der Waals surface area contributed by atoms with Gasteiger partial charge in [-0.3, -0.25) is 0 Å². The van der Waals surface area contributed by atoms with Gasteiger partial charge in [-0.2, -0.15) is 5.10 Å². The Bertz CT molecular complexity index is 450. The summed E-state index contributed by atoms with van der Waals surface area (Å²) in [5, 5.41) is 19.6. The number of hydrogen-bond donors (Lipinski definition) is 2. The Hall–Kier alpha value is -1.85. The first-order valence-electron chi connectivity index (χ1n) is 6.72. The van der Waals surface area contributed by atoms with Crippen LogP contribution < -0.4 is 10.5 Å². The van der Waals surface area contributed by atoms with Gasteiger partial charge in [-0.1, -0.05) is 18.5 Å². The number of aromatic nitrogens is 2. The lowest BCUT2D eigenvalue weighted by molar-refractivity contribution is 0.0846. The molecule has 0 amide bonds. The predicted octanol–water partition coefficient (Wildman–Crippen LogP) is 1.92. The van der Waals surface area contributed by atoms with Crippen molar-refractivity contribution in [2.45, 2.75) is 45.1 Å². The van der Waals surface area contributed by atoms with Crippen LogP contribution in [0.1, 0.15) is 44.6 Å². The van der Waals surface area contributed by atoms with Crippen LogP contribution >= 0.6 is 0 Å². The van der Waals surface area contributed by atoms with Crippen LogP contribution in [0.25, 0.3) is 0 Å². The molecule has 0 aromatic carbocycles. The smallest absolute Gasteiger partial charge is 0.244 e. The predicted molar refractivity (Wildman–Crippen MR) is 71.2 cm³/mol. The molecule has 1 aromatic heterocycles. The SMILES string of the molecule is CCC1CCCCC1Oc1nnccc1/C(N)=N/O. The standard InChI is InChI=1S/C13H20N4O2/c1-2-9-5-3-4-6-11(9)19-13-10(12(14)17-18)7-8-15-16-13/h7-9,11,18H,2-6H2,1H3,(H2,14,17). The van der Waals surface area contributed by atoms with Crippen molar-refractivity contribution < 1.29 is 9.94 Å². The lowest BCUT2D eigenvalue weighted by Crippen LogP contribution is -2.31. The minimum atomic E-state index is -0.00578. The number of hydrogen-bond acceptors (Lipinski definition) is 5. The summed E-state index contributed by atoms with van der Waals surface area (Å²) in [5.41, 5.74) is 6.10. The van der Waals surface area contributed by atoms with Gasteiger partial charge in [0.1, 0.15) is 6.10 Å². The largest absolute Gasteiger partial charge is 0.472 e. The molecule has 3 N–H and O–H groups in total. The highest BCUT2D eigenvalue weighted by Crippen LogP contribution is 2.30. The summed E-state index contributed by atoms with van der Waals surface area (Å²) < 4.78 is 5.97. The molecule has 1 aliphatic carbocycles. The molecule has 19 heavy (non-hydrogen) atoms. The van der Waals surface area contributed by atoms with Crippen molar-refractivity contribution in [1.82, 2.24) is 10.2 Å². The van der Waals surface area contributed by atoms with E-state index in [0.29, 0.717) is 17.4 Å². The molecule has 1 saturated carbocycles. The van der Waals surface area contributed by atoms with E-state index in [-0.39, 0.29) is 11.9 Å². The maximum Gasteiger partial charge on any atom is 0.244 e. The quantitative estimate of drug-likeness (QED) is 0.375. The Labute approximate surface area is 112 Å². The molecule has 1 aliphatic rings. The Morgan fingerprint density at radius 2 is 2.32 bits per heavy atom. The summed E-state index contributed by atoms with van der Waals surface area (Å²) in [4.78, 5) is 0. The van der Waals surface area contributed by atoms with Crippen LogP contribution in [0.15, 0.2) is 17.4 Å². The fourth-order valence-corrected chi connectivity index (χ4v) is 2.59. The van der Waals surface area contributed by atoms with Crippen molar-refractivity contribution in [3.05, 3.63) is 17.8 Å². The number of oxime groups is 1. The summed E-state index contributed by atoms with van der Waals surface area (Å²) in [5.74, 6) is 0.882. The number of ether oxygens (including phenoxy) is 1. The summed E-state index contributed by atoms with van der Waals surface area (Å²) in [7, 11) is 0. The number of rotatable bonds is 4. The minimum Gasteiger partial charge on any atom is -0.472 e. The van der Waals surface area contributed by atoms with Crippen LogP contribution in [0.2, 0.25) is 0 Å². The van der Waals surface area contributed by atoms with Crippen LogP contribution in [0.3, 0.4) is 0 Å². The van der Waals surface area contributed by atoms with Gasteiger partial charge in [0.05, 0.1) is 11.8 Å². The minimum absolute atomic E-state index is 0.00578. The van der Waals surface area contributed by atoms with Crippen LogP contribution in [0.5, 0.6) is 5.88 Å². The molecule has 0 radical (unpaired) electrons. The summed E-state index contributed by atoms with van der Waals surface area (Å²) >= 11 is 0. The van der Waals surface area contributed by atoms with Crippen molar-refractivity contribution >= 4 is 5.84 Å². The van der Waals surface area contributed by atoms with Gasteiger partial charge in [-0.15, -0.1) is 5.10 Å². The first kappa shape index (κ1) is 13.6. The van der Waals surface area contributed by atoms with Gasteiger partial charge in [-0.05, 0) is 37.7 Å². The zero-order valence-electron chi connectivity index (χ0n) is 11.1. The second-order valence-electron chi connectivity index (χ2n) is 4.84. The van der Waals surface area contributed by atoms with Crippen molar-refractivity contribution in [2.24, 2.45) is 16.8 Å². The van der Waals surface area contributed by atoms with Gasteiger partial charge >= 0.3 is 0 Å². The van der Waals surface area contributed by atoms with Gasteiger partial charge in [-0.25, -0.2) is 0 Å². The van der Waals surface area contributed by atoms with E-state index in [4.69, 9.17) is 15.7 Å². The molecule has 1 fully saturated rings. The second-order valence-corrected chi connectivity index (χ2v) is 4.84. The van der Waals surface area contributed by atoms with E-state index in [0.717, 1.165) is 12.8 Å². The van der Waals surface area contributed by atoms with Gasteiger partial charge in [0.15, 0.2) is 5.84 Å². The van der Waals surface area contributed by atoms with E-state index in [9.17, 15) is 0 Å². The maximum absolute atomic E-state index is 8.78. The molecular weight excluding hydrogens is 244 g/mol. The maximum atomic E-state index is 8.78. The monoisotopic (exact) mass is 264 g/mol. The fraction of sp³-hybridized carbons (Fsp3) is 0.615. The van der Waals surface area contributed by atoms with E-state index < -0.39 is 0 Å². The summed E-state index contributed by atoms with van der Waals surface area (Å²) in [6.07, 6.45) is 7.35. The van der Waals surface area contributed by atoms with Crippen LogP contribution in [-0.2, 0) is 0 Å². The fourth-order valence-electron chi connectivity index (χ4n) is 2.59. The average Bonchev–Trinajstić information content (AvgIpc) is 2.47. The topological polar surface area (TPSA) is 93.6 Å². The molecule has 6 nitrogen and oxygen atoms in total. The summed E-state index contributed by atoms with van der Waals surface area (Å²) in [6.45, 7) is 2.17. The molecule has 0 saturated heterocycles. The van der Waals surface area contributed by atoms with Crippen molar-refractivity contribution in [2.75, 3.05) is 0 Å². The third kappa shape index (κ3) is 3.13. The number of nitrogens with two attached hydrogens (primary N) is 1. The van der Waals surface area contributed by atoms with Crippen molar-refractivity contribution in [1.29, 1.82) is 0 Å². The summed E-state index contributed by atoms with van der Waals surface area (Å²) in [6, 6.07) is 1.64. The van der Waals surface area contributed by atoms with Crippen molar-refractivity contribution in [3.63, 3.8) is 0 Å². The van der Waals surface area contributed by atoms with Crippen molar-refractivity contribution in [3.8, 4) is 5.88 Å². The van der Waals surface area contributed by atoms with Gasteiger partial charge in [0.25, 0.3) is 0 Å². The Morgan fingerprint density at radius 1 is 1.53 bits per heavy atom. The van der Waals surface area contributed by atoms with E-state index in [1.165, 1.54) is 25.5 Å². The van der Waals surface area contributed by atoms with E-state index in [1.54, 1.807) is 6.07 Å². The molecule has 0 bridgehead atoms. The number of nitrogens with zero attached hydrogens (tertiary/aromatic N) is 3. The number of amidine groups is 1. The molecule has 2 atom stereocenters. The molecule has 6 heteroatoms. The first-order valence-corrected chi connectivity index (χ1v) is 6.72. The molecule has 1 heterocycles. The molecule has 0 spiro atoms.